The first-order valence-corrected chi connectivity index (χ1v) is 7.40. The Labute approximate surface area is 140 Å². The van der Waals surface area contributed by atoms with E-state index in [4.69, 9.17) is 25.8 Å². The molecule has 122 valence electrons. The number of carbonyl (C=O) groups excluding carboxylic acids is 1. The first-order chi connectivity index (χ1) is 11.1. The molecule has 2 aromatic rings. The fourth-order valence-corrected chi connectivity index (χ4v) is 2.02. The van der Waals surface area contributed by atoms with E-state index in [1.807, 2.05) is 0 Å². The molecule has 2 aromatic carbocycles. The molecule has 0 radical (unpaired) electrons. The number of anilines is 1. The maximum atomic E-state index is 12.0. The molecule has 0 aliphatic heterocycles. The number of hydrogen-bond acceptors (Lipinski definition) is 4. The van der Waals surface area contributed by atoms with E-state index in [-0.39, 0.29) is 18.9 Å². The SMILES string of the molecule is COc1cc(NC(=O)CCOc2ccc(Cl)cc2)cc(OC)c1. The number of nitrogens with one attached hydrogen (secondary N) is 1. The van der Waals surface area contributed by atoms with Crippen LogP contribution in [0.1, 0.15) is 6.42 Å². The summed E-state index contributed by atoms with van der Waals surface area (Å²) >= 11 is 5.80. The van der Waals surface area contributed by atoms with Crippen LogP contribution in [0.5, 0.6) is 17.2 Å². The van der Waals surface area contributed by atoms with Crippen molar-refractivity contribution in [1.82, 2.24) is 0 Å². The van der Waals surface area contributed by atoms with Gasteiger partial charge in [-0.1, -0.05) is 11.6 Å². The second kappa shape index (κ2) is 8.29. The number of ether oxygens (including phenoxy) is 3. The number of halogens is 1. The van der Waals surface area contributed by atoms with Crippen molar-refractivity contribution in [3.8, 4) is 17.2 Å². The number of benzene rings is 2. The van der Waals surface area contributed by atoms with Gasteiger partial charge in [-0.2, -0.15) is 0 Å². The Bertz CT molecular complexity index is 636. The fraction of sp³-hybridized carbons (Fsp3) is 0.235. The smallest absolute Gasteiger partial charge is 0.227 e. The van der Waals surface area contributed by atoms with Crippen molar-refractivity contribution < 1.29 is 19.0 Å². The molecule has 6 heteroatoms. The quantitative estimate of drug-likeness (QED) is 0.837. The van der Waals surface area contributed by atoms with Gasteiger partial charge in [-0.05, 0) is 24.3 Å². The maximum absolute atomic E-state index is 12.0. The van der Waals surface area contributed by atoms with Gasteiger partial charge in [0, 0.05) is 28.9 Å². The Morgan fingerprint density at radius 3 is 2.17 bits per heavy atom. The van der Waals surface area contributed by atoms with E-state index >= 15 is 0 Å². The van der Waals surface area contributed by atoms with Crippen molar-refractivity contribution in [2.45, 2.75) is 6.42 Å². The van der Waals surface area contributed by atoms with Gasteiger partial charge in [-0.3, -0.25) is 4.79 Å². The molecule has 0 heterocycles. The Balaban J connectivity index is 1.85. The number of hydrogen-bond donors (Lipinski definition) is 1. The molecule has 5 nitrogen and oxygen atoms in total. The van der Waals surface area contributed by atoms with Crippen molar-refractivity contribution >= 4 is 23.2 Å². The zero-order valence-electron chi connectivity index (χ0n) is 13.0. The summed E-state index contributed by atoms with van der Waals surface area (Å²) in [5.74, 6) is 1.73. The van der Waals surface area contributed by atoms with Gasteiger partial charge in [0.05, 0.1) is 27.2 Å². The Morgan fingerprint density at radius 1 is 1.00 bits per heavy atom. The molecule has 23 heavy (non-hydrogen) atoms. The third-order valence-corrected chi connectivity index (χ3v) is 3.30. The second-order valence-corrected chi connectivity index (χ2v) is 5.14. The van der Waals surface area contributed by atoms with Crippen LogP contribution in [0, 0.1) is 0 Å². The molecular formula is C17H18ClNO4. The highest BCUT2D eigenvalue weighted by Crippen LogP contribution is 2.25. The van der Waals surface area contributed by atoms with Crippen molar-refractivity contribution in [3.63, 3.8) is 0 Å². The molecule has 0 saturated carbocycles. The molecule has 0 atom stereocenters. The zero-order chi connectivity index (χ0) is 16.7. The number of rotatable bonds is 7. The topological polar surface area (TPSA) is 56.8 Å². The van der Waals surface area contributed by atoms with E-state index in [9.17, 15) is 4.79 Å². The van der Waals surface area contributed by atoms with Crippen molar-refractivity contribution in [1.29, 1.82) is 0 Å². The third-order valence-electron chi connectivity index (χ3n) is 3.05. The summed E-state index contributed by atoms with van der Waals surface area (Å²) in [5.41, 5.74) is 0.609. The lowest BCUT2D eigenvalue weighted by molar-refractivity contribution is -0.116. The van der Waals surface area contributed by atoms with E-state index in [2.05, 4.69) is 5.32 Å². The second-order valence-electron chi connectivity index (χ2n) is 4.70. The lowest BCUT2D eigenvalue weighted by Gasteiger charge is -2.10. The van der Waals surface area contributed by atoms with Crippen LogP contribution in [0.4, 0.5) is 5.69 Å². The van der Waals surface area contributed by atoms with Crippen molar-refractivity contribution in [3.05, 3.63) is 47.5 Å². The molecule has 1 N–H and O–H groups in total. The summed E-state index contributed by atoms with van der Waals surface area (Å²) in [4.78, 5) is 12.0. The third kappa shape index (κ3) is 5.38. The molecule has 0 aliphatic carbocycles. The Hall–Kier alpha value is -2.40. The summed E-state index contributed by atoms with van der Waals surface area (Å²) in [6.07, 6.45) is 0.224. The van der Waals surface area contributed by atoms with Crippen LogP contribution in [0.15, 0.2) is 42.5 Å². The van der Waals surface area contributed by atoms with Gasteiger partial charge in [-0.15, -0.1) is 0 Å². The summed E-state index contributed by atoms with van der Waals surface area (Å²) in [7, 11) is 3.11. The standard InChI is InChI=1S/C17H18ClNO4/c1-21-15-9-13(10-16(11-15)22-2)19-17(20)7-8-23-14-5-3-12(18)4-6-14/h3-6,9-11H,7-8H2,1-2H3,(H,19,20). The van der Waals surface area contributed by atoms with E-state index in [1.54, 1.807) is 56.7 Å². The first kappa shape index (κ1) is 17.0. The lowest BCUT2D eigenvalue weighted by Crippen LogP contribution is -2.15. The normalized spacial score (nSPS) is 10.0. The average Bonchev–Trinajstić information content (AvgIpc) is 2.56. The van der Waals surface area contributed by atoms with Gasteiger partial charge < -0.3 is 19.5 Å². The van der Waals surface area contributed by atoms with Crippen LogP contribution in [-0.4, -0.2) is 26.7 Å². The molecule has 1 amide bonds. The van der Waals surface area contributed by atoms with Crippen molar-refractivity contribution in [2.75, 3.05) is 26.1 Å². The van der Waals surface area contributed by atoms with Crippen LogP contribution in [0.25, 0.3) is 0 Å². The highest BCUT2D eigenvalue weighted by atomic mass is 35.5. The van der Waals surface area contributed by atoms with Crippen LogP contribution in [0.3, 0.4) is 0 Å². The molecule has 0 fully saturated rings. The van der Waals surface area contributed by atoms with Crippen LogP contribution in [-0.2, 0) is 4.79 Å². The van der Waals surface area contributed by atoms with E-state index in [0.717, 1.165) is 0 Å². The average molecular weight is 336 g/mol. The molecule has 2 rings (SSSR count). The van der Waals surface area contributed by atoms with E-state index in [0.29, 0.717) is 28.0 Å². The van der Waals surface area contributed by atoms with Gasteiger partial charge in [0.25, 0.3) is 0 Å². The van der Waals surface area contributed by atoms with Gasteiger partial charge >= 0.3 is 0 Å². The zero-order valence-corrected chi connectivity index (χ0v) is 13.7. The summed E-state index contributed by atoms with van der Waals surface area (Å²) in [6, 6.07) is 12.2. The molecule has 0 aliphatic rings. The van der Waals surface area contributed by atoms with Gasteiger partial charge in [0.15, 0.2) is 0 Å². The van der Waals surface area contributed by atoms with E-state index in [1.165, 1.54) is 0 Å². The Morgan fingerprint density at radius 2 is 1.61 bits per heavy atom. The molecular weight excluding hydrogens is 318 g/mol. The summed E-state index contributed by atoms with van der Waals surface area (Å²) in [5, 5.41) is 3.43. The Kier molecular flexibility index (Phi) is 6.11. The number of carbonyl (C=O) groups is 1. The van der Waals surface area contributed by atoms with Crippen molar-refractivity contribution in [2.24, 2.45) is 0 Å². The monoisotopic (exact) mass is 335 g/mol. The minimum absolute atomic E-state index is 0.158. The molecule has 0 saturated heterocycles. The van der Waals surface area contributed by atoms with E-state index < -0.39 is 0 Å². The minimum atomic E-state index is -0.158. The van der Waals surface area contributed by atoms with Crippen LogP contribution >= 0.6 is 11.6 Å². The largest absolute Gasteiger partial charge is 0.497 e. The minimum Gasteiger partial charge on any atom is -0.497 e. The van der Waals surface area contributed by atoms with Gasteiger partial charge in [0.2, 0.25) is 5.91 Å². The highest BCUT2D eigenvalue weighted by Gasteiger charge is 2.06. The number of amides is 1. The molecule has 0 unspecified atom stereocenters. The fourth-order valence-electron chi connectivity index (χ4n) is 1.90. The molecule has 0 aromatic heterocycles. The van der Waals surface area contributed by atoms with Gasteiger partial charge in [-0.25, -0.2) is 0 Å². The number of methoxy groups -OCH3 is 2. The molecule has 0 spiro atoms. The van der Waals surface area contributed by atoms with Crippen LogP contribution in [0.2, 0.25) is 5.02 Å². The van der Waals surface area contributed by atoms with Gasteiger partial charge in [0.1, 0.15) is 17.2 Å². The summed E-state index contributed by atoms with van der Waals surface area (Å²) in [6.45, 7) is 0.272. The first-order valence-electron chi connectivity index (χ1n) is 7.02. The lowest BCUT2D eigenvalue weighted by atomic mass is 10.2. The predicted octanol–water partition coefficient (Wildman–Crippen LogP) is 3.76. The maximum Gasteiger partial charge on any atom is 0.227 e. The summed E-state index contributed by atoms with van der Waals surface area (Å²) < 4.78 is 15.8. The van der Waals surface area contributed by atoms with Crippen LogP contribution < -0.4 is 19.5 Å². The molecule has 0 bridgehead atoms. The highest BCUT2D eigenvalue weighted by molar-refractivity contribution is 6.30. The predicted molar refractivity (Wildman–Crippen MR) is 89.7 cm³/mol.